The molecule has 0 aliphatic carbocycles. The van der Waals surface area contributed by atoms with Crippen LogP contribution in [0.3, 0.4) is 0 Å². The van der Waals surface area contributed by atoms with Crippen molar-refractivity contribution in [3.05, 3.63) is 86.6 Å². The molecule has 0 saturated carbocycles. The van der Waals surface area contributed by atoms with Crippen LogP contribution in [0.4, 0.5) is 5.69 Å². The minimum Gasteiger partial charge on any atom is -0.327 e. The molecule has 3 aromatic rings. The molecule has 4 nitrogen and oxygen atoms in total. The van der Waals surface area contributed by atoms with Gasteiger partial charge in [-0.25, -0.2) is 0 Å². The number of hydrogen-bond donors (Lipinski definition) is 0. The van der Waals surface area contributed by atoms with Crippen molar-refractivity contribution in [1.29, 1.82) is 0 Å². The smallest absolute Gasteiger partial charge is 0.254 e. The number of nitrogens with zero attached hydrogens (tertiary/aromatic N) is 2. The van der Waals surface area contributed by atoms with E-state index in [0.29, 0.717) is 35.8 Å². The Morgan fingerprint density at radius 3 is 2.63 bits per heavy atom. The van der Waals surface area contributed by atoms with Gasteiger partial charge in [-0.2, -0.15) is 0 Å². The zero-order valence-electron chi connectivity index (χ0n) is 16.4. The summed E-state index contributed by atoms with van der Waals surface area (Å²) in [5.41, 5.74) is 3.51. The molecule has 3 heterocycles. The normalized spacial score (nSPS) is 18.6. The highest BCUT2D eigenvalue weighted by Gasteiger charge is 2.34. The van der Waals surface area contributed by atoms with Crippen molar-refractivity contribution < 1.29 is 9.59 Å². The summed E-state index contributed by atoms with van der Waals surface area (Å²) in [6, 6.07) is 17.5. The van der Waals surface area contributed by atoms with Crippen LogP contribution in [0.1, 0.15) is 45.2 Å². The van der Waals surface area contributed by atoms with E-state index >= 15 is 0 Å². The molecule has 1 unspecified atom stereocenters. The molecule has 0 N–H and O–H groups in total. The van der Waals surface area contributed by atoms with Gasteiger partial charge in [-0.05, 0) is 53.6 Å². The maximum Gasteiger partial charge on any atom is 0.254 e. The van der Waals surface area contributed by atoms with Crippen LogP contribution < -0.4 is 4.90 Å². The summed E-state index contributed by atoms with van der Waals surface area (Å²) >= 11 is 8.15. The molecule has 1 atom stereocenters. The van der Waals surface area contributed by atoms with E-state index in [1.165, 1.54) is 10.4 Å². The third kappa shape index (κ3) is 3.32. The molecule has 1 fully saturated rings. The number of amides is 2. The number of fused-ring (bicyclic) bond motifs is 1. The van der Waals surface area contributed by atoms with Crippen molar-refractivity contribution in [3.63, 3.8) is 0 Å². The lowest BCUT2D eigenvalue weighted by Gasteiger charge is -2.36. The standard InChI is InChI=1S/C24H21ClN2O2S/c25-19-9-8-17(15-20(19)26-12-4-7-22(26)28)24(29)27-13-10-21-18(11-14-30-21)23(27)16-5-2-1-3-6-16/h1-3,5-6,8-9,11,14-15,23H,4,7,10,12-13H2. The Bertz CT molecular complexity index is 1110. The monoisotopic (exact) mass is 436 g/mol. The van der Waals surface area contributed by atoms with E-state index in [2.05, 4.69) is 23.6 Å². The fourth-order valence-corrected chi connectivity index (χ4v) is 5.57. The highest BCUT2D eigenvalue weighted by atomic mass is 35.5. The Labute approximate surface area is 184 Å². The van der Waals surface area contributed by atoms with Crippen LogP contribution in [-0.2, 0) is 11.2 Å². The molecule has 2 aliphatic rings. The summed E-state index contributed by atoms with van der Waals surface area (Å²) in [6.07, 6.45) is 2.20. The number of halogens is 1. The summed E-state index contributed by atoms with van der Waals surface area (Å²) < 4.78 is 0. The van der Waals surface area contributed by atoms with E-state index in [4.69, 9.17) is 11.6 Å². The van der Waals surface area contributed by atoms with Gasteiger partial charge < -0.3 is 9.80 Å². The van der Waals surface area contributed by atoms with Crippen molar-refractivity contribution in [3.8, 4) is 0 Å². The van der Waals surface area contributed by atoms with Gasteiger partial charge in [-0.1, -0.05) is 41.9 Å². The van der Waals surface area contributed by atoms with Gasteiger partial charge in [0, 0.05) is 30.0 Å². The molecule has 6 heteroatoms. The van der Waals surface area contributed by atoms with Crippen molar-refractivity contribution in [1.82, 2.24) is 4.90 Å². The molecule has 2 amide bonds. The van der Waals surface area contributed by atoms with Gasteiger partial charge in [0.25, 0.3) is 5.91 Å². The summed E-state index contributed by atoms with van der Waals surface area (Å²) in [7, 11) is 0. The maximum absolute atomic E-state index is 13.7. The molecule has 2 aromatic carbocycles. The van der Waals surface area contributed by atoms with Gasteiger partial charge in [0.05, 0.1) is 16.8 Å². The maximum atomic E-state index is 13.7. The number of hydrogen-bond acceptors (Lipinski definition) is 3. The van der Waals surface area contributed by atoms with Crippen LogP contribution in [0, 0.1) is 0 Å². The van der Waals surface area contributed by atoms with Crippen molar-refractivity contribution in [2.75, 3.05) is 18.0 Å². The van der Waals surface area contributed by atoms with Gasteiger partial charge in [-0.15, -0.1) is 11.3 Å². The first-order valence-corrected chi connectivity index (χ1v) is 11.4. The summed E-state index contributed by atoms with van der Waals surface area (Å²) in [6.45, 7) is 1.30. The minimum absolute atomic E-state index is 0.0368. The lowest BCUT2D eigenvalue weighted by molar-refractivity contribution is -0.117. The highest BCUT2D eigenvalue weighted by molar-refractivity contribution is 7.10. The Morgan fingerprint density at radius 2 is 1.87 bits per heavy atom. The number of rotatable bonds is 3. The highest BCUT2D eigenvalue weighted by Crippen LogP contribution is 2.39. The second kappa shape index (κ2) is 7.89. The number of thiophene rings is 1. The van der Waals surface area contributed by atoms with Gasteiger partial charge in [-0.3, -0.25) is 9.59 Å². The number of carbonyl (C=O) groups is 2. The molecule has 30 heavy (non-hydrogen) atoms. The second-order valence-electron chi connectivity index (χ2n) is 7.68. The molecule has 1 aromatic heterocycles. The van der Waals surface area contributed by atoms with E-state index in [-0.39, 0.29) is 17.9 Å². The average Bonchev–Trinajstić information content (AvgIpc) is 3.42. The van der Waals surface area contributed by atoms with Crippen molar-refractivity contribution in [2.45, 2.75) is 25.3 Å². The zero-order valence-corrected chi connectivity index (χ0v) is 18.0. The third-order valence-corrected chi connectivity index (χ3v) is 7.22. The molecule has 0 spiro atoms. The summed E-state index contributed by atoms with van der Waals surface area (Å²) in [5, 5.41) is 2.61. The number of carbonyl (C=O) groups excluding carboxylic acids is 2. The molecule has 5 rings (SSSR count). The van der Waals surface area contributed by atoms with E-state index in [1.807, 2.05) is 23.1 Å². The third-order valence-electron chi connectivity index (χ3n) is 5.90. The van der Waals surface area contributed by atoms with Gasteiger partial charge in [0.15, 0.2) is 0 Å². The van der Waals surface area contributed by atoms with Crippen LogP contribution in [0.25, 0.3) is 0 Å². The number of benzene rings is 2. The Kier molecular flexibility index (Phi) is 5.09. The largest absolute Gasteiger partial charge is 0.327 e. The van der Waals surface area contributed by atoms with Gasteiger partial charge in [0.2, 0.25) is 5.91 Å². The molecule has 2 aliphatic heterocycles. The fourth-order valence-electron chi connectivity index (χ4n) is 4.45. The quantitative estimate of drug-likeness (QED) is 0.557. The van der Waals surface area contributed by atoms with Crippen molar-refractivity contribution in [2.24, 2.45) is 0 Å². The average molecular weight is 437 g/mol. The van der Waals surface area contributed by atoms with E-state index in [9.17, 15) is 9.59 Å². The summed E-state index contributed by atoms with van der Waals surface area (Å²) in [5.74, 6) is 0.0230. The van der Waals surface area contributed by atoms with E-state index in [0.717, 1.165) is 18.4 Å². The Hall–Kier alpha value is -2.63. The van der Waals surface area contributed by atoms with Crippen molar-refractivity contribution >= 4 is 40.4 Å². The molecule has 0 radical (unpaired) electrons. The SMILES string of the molecule is O=C1CCCN1c1cc(C(=O)N2CCc3sccc3C2c2ccccc2)ccc1Cl. The van der Waals surface area contributed by atoms with E-state index in [1.54, 1.807) is 34.4 Å². The minimum atomic E-state index is -0.110. The first kappa shape index (κ1) is 19.3. The lowest BCUT2D eigenvalue weighted by Crippen LogP contribution is -2.40. The van der Waals surface area contributed by atoms with E-state index < -0.39 is 0 Å². The first-order valence-electron chi connectivity index (χ1n) is 10.2. The topological polar surface area (TPSA) is 40.6 Å². The first-order chi connectivity index (χ1) is 14.6. The van der Waals surface area contributed by atoms with Crippen LogP contribution in [0.15, 0.2) is 60.0 Å². The Morgan fingerprint density at radius 1 is 1.03 bits per heavy atom. The lowest BCUT2D eigenvalue weighted by atomic mass is 9.92. The fraction of sp³-hybridized carbons (Fsp3) is 0.250. The predicted octanol–water partition coefficient (Wildman–Crippen LogP) is 5.32. The molecular formula is C24H21ClN2O2S. The summed E-state index contributed by atoms with van der Waals surface area (Å²) in [4.78, 5) is 30.9. The van der Waals surface area contributed by atoms with Crippen LogP contribution in [0.5, 0.6) is 0 Å². The zero-order chi connectivity index (χ0) is 20.7. The molecule has 0 bridgehead atoms. The molecule has 1 saturated heterocycles. The van der Waals surface area contributed by atoms with Crippen LogP contribution in [0.2, 0.25) is 5.02 Å². The van der Waals surface area contributed by atoms with Gasteiger partial charge >= 0.3 is 0 Å². The van der Waals surface area contributed by atoms with Crippen LogP contribution in [-0.4, -0.2) is 29.8 Å². The van der Waals surface area contributed by atoms with Crippen LogP contribution >= 0.6 is 22.9 Å². The van der Waals surface area contributed by atoms with Gasteiger partial charge in [0.1, 0.15) is 0 Å². The molecule has 152 valence electrons. The number of anilines is 1. The Balaban J connectivity index is 1.53. The predicted molar refractivity (Wildman–Crippen MR) is 120 cm³/mol. The molecular weight excluding hydrogens is 416 g/mol. The second-order valence-corrected chi connectivity index (χ2v) is 9.08.